The Kier molecular flexibility index (Phi) is 11.2. The quantitative estimate of drug-likeness (QED) is 0.292. The Morgan fingerprint density at radius 3 is 2.37 bits per heavy atom. The average molecular weight is 624 g/mol. The van der Waals surface area contributed by atoms with E-state index in [1.807, 2.05) is 48.5 Å². The number of aryl methyl sites for hydroxylation is 1. The maximum atomic E-state index is 13.9. The Balaban J connectivity index is 1.46. The Bertz CT molecular complexity index is 1530. The van der Waals surface area contributed by atoms with Crippen LogP contribution in [0.1, 0.15) is 29.5 Å². The molecule has 11 heteroatoms. The lowest BCUT2D eigenvalue weighted by Crippen LogP contribution is -2.50. The number of rotatable bonds is 12. The van der Waals surface area contributed by atoms with Gasteiger partial charge in [-0.1, -0.05) is 60.1 Å². The minimum Gasteiger partial charge on any atom is -0.368 e. The van der Waals surface area contributed by atoms with Crippen molar-refractivity contribution in [2.45, 2.75) is 38.3 Å². The van der Waals surface area contributed by atoms with Gasteiger partial charge in [0.1, 0.15) is 6.04 Å². The van der Waals surface area contributed by atoms with Crippen LogP contribution in [0.25, 0.3) is 0 Å². The third-order valence-electron chi connectivity index (χ3n) is 7.36. The number of hydrogen-bond donors (Lipinski definition) is 2. The molecule has 1 heterocycles. The zero-order chi connectivity index (χ0) is 30.8. The van der Waals surface area contributed by atoms with Crippen molar-refractivity contribution in [2.24, 2.45) is 4.99 Å². The smallest absolute Gasteiger partial charge is 0.245 e. The summed E-state index contributed by atoms with van der Waals surface area (Å²) in [7, 11) is -3.45. The Morgan fingerprint density at radius 1 is 0.953 bits per heavy atom. The van der Waals surface area contributed by atoms with E-state index >= 15 is 0 Å². The fourth-order valence-corrected chi connectivity index (χ4v) is 5.98. The molecule has 1 fully saturated rings. The van der Waals surface area contributed by atoms with E-state index in [-0.39, 0.29) is 18.2 Å². The van der Waals surface area contributed by atoms with Gasteiger partial charge in [0.25, 0.3) is 0 Å². The van der Waals surface area contributed by atoms with E-state index in [1.165, 1.54) is 0 Å². The molecule has 3 aromatic carbocycles. The van der Waals surface area contributed by atoms with Crippen LogP contribution < -0.4 is 14.9 Å². The van der Waals surface area contributed by atoms with E-state index in [2.05, 4.69) is 26.6 Å². The van der Waals surface area contributed by atoms with Gasteiger partial charge in [-0.15, -0.1) is 0 Å². The molecule has 0 radical (unpaired) electrons. The monoisotopic (exact) mass is 623 g/mol. The zero-order valence-corrected chi connectivity index (χ0v) is 25.9. The van der Waals surface area contributed by atoms with E-state index in [9.17, 15) is 18.0 Å². The molecule has 3 aromatic rings. The number of benzene rings is 3. The number of anilines is 2. The first-order valence-electron chi connectivity index (χ1n) is 14.3. The maximum absolute atomic E-state index is 13.9. The lowest BCUT2D eigenvalue weighted by atomic mass is 10.0. The first-order chi connectivity index (χ1) is 20.6. The third kappa shape index (κ3) is 9.56. The lowest BCUT2D eigenvalue weighted by Gasteiger charge is -2.28. The second-order valence-electron chi connectivity index (χ2n) is 10.7. The normalized spacial score (nSPS) is 14.5. The molecule has 0 aromatic heterocycles. The first kappa shape index (κ1) is 32.0. The molecule has 1 atom stereocenters. The maximum Gasteiger partial charge on any atom is 0.245 e. The van der Waals surface area contributed by atoms with E-state index in [0.717, 1.165) is 28.6 Å². The van der Waals surface area contributed by atoms with Crippen molar-refractivity contribution in [3.05, 3.63) is 94.5 Å². The molecule has 0 unspecified atom stereocenters. The van der Waals surface area contributed by atoms with Crippen molar-refractivity contribution in [3.8, 4) is 0 Å². The van der Waals surface area contributed by atoms with Crippen molar-refractivity contribution < 1.29 is 18.0 Å². The average Bonchev–Trinajstić information content (AvgIpc) is 3.23. The molecule has 0 saturated carbocycles. The summed E-state index contributed by atoms with van der Waals surface area (Å²) in [5, 5.41) is 3.61. The summed E-state index contributed by atoms with van der Waals surface area (Å²) in [6, 6.07) is 21.6. The summed E-state index contributed by atoms with van der Waals surface area (Å²) in [4.78, 5) is 35.0. The van der Waals surface area contributed by atoms with Gasteiger partial charge in [-0.05, 0) is 60.5 Å². The SMILES string of the molecule is C=NCc1ccccc1CCC(=O)N[C@H](Cc1ccc(Cl)cc1)C(=O)N1CCCN(c2ccccc2NS(C)(=O)=O)CC1. The van der Waals surface area contributed by atoms with Gasteiger partial charge in [0.15, 0.2) is 0 Å². The highest BCUT2D eigenvalue weighted by Gasteiger charge is 2.28. The lowest BCUT2D eigenvalue weighted by molar-refractivity contribution is -0.136. The topological polar surface area (TPSA) is 111 Å². The van der Waals surface area contributed by atoms with Crippen LogP contribution in [0, 0.1) is 0 Å². The highest BCUT2D eigenvalue weighted by Crippen LogP contribution is 2.27. The summed E-state index contributed by atoms with van der Waals surface area (Å²) in [5.41, 5.74) is 4.22. The molecule has 2 N–H and O–H groups in total. The molecule has 9 nitrogen and oxygen atoms in total. The summed E-state index contributed by atoms with van der Waals surface area (Å²) in [6.07, 6.45) is 2.91. The van der Waals surface area contributed by atoms with Crippen LogP contribution in [0.2, 0.25) is 5.02 Å². The molecule has 0 bridgehead atoms. The summed E-state index contributed by atoms with van der Waals surface area (Å²) in [5.74, 6) is -0.352. The molecular formula is C32H38ClN5O4S. The van der Waals surface area contributed by atoms with Gasteiger partial charge in [-0.2, -0.15) is 0 Å². The summed E-state index contributed by atoms with van der Waals surface area (Å²) >= 11 is 6.08. The molecule has 2 amide bonds. The van der Waals surface area contributed by atoms with E-state index in [0.29, 0.717) is 62.7 Å². The van der Waals surface area contributed by atoms with Gasteiger partial charge in [0.2, 0.25) is 21.8 Å². The number of carbonyl (C=O) groups is 2. The molecule has 0 spiro atoms. The zero-order valence-electron chi connectivity index (χ0n) is 24.3. The minimum atomic E-state index is -3.45. The van der Waals surface area contributed by atoms with Crippen LogP contribution >= 0.6 is 11.6 Å². The number of hydrogen-bond acceptors (Lipinski definition) is 6. The number of nitrogens with zero attached hydrogens (tertiary/aromatic N) is 3. The Labute approximate surface area is 259 Å². The number of sulfonamides is 1. The van der Waals surface area contributed by atoms with Crippen LogP contribution in [0.15, 0.2) is 77.8 Å². The van der Waals surface area contributed by atoms with Crippen LogP contribution in [-0.4, -0.2) is 70.3 Å². The van der Waals surface area contributed by atoms with Crippen LogP contribution in [0.4, 0.5) is 11.4 Å². The summed E-state index contributed by atoms with van der Waals surface area (Å²) < 4.78 is 26.4. The van der Waals surface area contributed by atoms with Gasteiger partial charge in [0, 0.05) is 44.0 Å². The molecule has 0 aliphatic carbocycles. The van der Waals surface area contributed by atoms with Crippen molar-refractivity contribution >= 4 is 51.5 Å². The summed E-state index contributed by atoms with van der Waals surface area (Å²) in [6.45, 7) is 6.18. The van der Waals surface area contributed by atoms with Crippen molar-refractivity contribution in [1.82, 2.24) is 10.2 Å². The van der Waals surface area contributed by atoms with E-state index < -0.39 is 16.1 Å². The molecule has 228 valence electrons. The van der Waals surface area contributed by atoms with E-state index in [1.54, 1.807) is 29.2 Å². The second kappa shape index (κ2) is 15.0. The largest absolute Gasteiger partial charge is 0.368 e. The number of amides is 2. The first-order valence-corrected chi connectivity index (χ1v) is 16.5. The molecular weight excluding hydrogens is 586 g/mol. The highest BCUT2D eigenvalue weighted by atomic mass is 35.5. The Morgan fingerprint density at radius 2 is 1.65 bits per heavy atom. The van der Waals surface area contributed by atoms with Gasteiger partial charge in [-0.3, -0.25) is 19.3 Å². The van der Waals surface area contributed by atoms with Gasteiger partial charge >= 0.3 is 0 Å². The Hall–Kier alpha value is -3.89. The number of halogens is 1. The fourth-order valence-electron chi connectivity index (χ4n) is 5.28. The standard InChI is InChI=1S/C32H38ClN5O4S/c1-34-23-26-9-4-3-8-25(26)14-17-31(39)35-29(22-24-12-15-27(33)16-13-24)32(40)38-19-7-18-37(20-21-38)30-11-6-5-10-28(30)36-43(2,41)42/h3-6,8-13,15-16,29,36H,1,7,14,17-23H2,2H3,(H,35,39)/t29-/m1/s1. The van der Waals surface area contributed by atoms with Crippen LogP contribution in [-0.2, 0) is 39.0 Å². The van der Waals surface area contributed by atoms with Crippen molar-refractivity contribution in [2.75, 3.05) is 42.1 Å². The van der Waals surface area contributed by atoms with Gasteiger partial charge in [-0.25, -0.2) is 8.42 Å². The van der Waals surface area contributed by atoms with Crippen LogP contribution in [0.5, 0.6) is 0 Å². The minimum absolute atomic E-state index is 0.149. The van der Waals surface area contributed by atoms with Crippen LogP contribution in [0.3, 0.4) is 0 Å². The number of carbonyl (C=O) groups excluding carboxylic acids is 2. The highest BCUT2D eigenvalue weighted by molar-refractivity contribution is 7.92. The second-order valence-corrected chi connectivity index (χ2v) is 12.8. The molecule has 43 heavy (non-hydrogen) atoms. The molecule has 1 aliphatic rings. The fraction of sp³-hybridized carbons (Fsp3) is 0.344. The number of para-hydroxylation sites is 2. The van der Waals surface area contributed by atoms with Crippen molar-refractivity contribution in [1.29, 1.82) is 0 Å². The molecule has 4 rings (SSSR count). The predicted octanol–water partition coefficient (Wildman–Crippen LogP) is 4.31. The third-order valence-corrected chi connectivity index (χ3v) is 8.20. The van der Waals surface area contributed by atoms with Gasteiger partial charge in [0.05, 0.1) is 24.2 Å². The molecule has 1 saturated heterocycles. The van der Waals surface area contributed by atoms with Crippen molar-refractivity contribution in [3.63, 3.8) is 0 Å². The number of nitrogens with one attached hydrogen (secondary N) is 2. The van der Waals surface area contributed by atoms with Gasteiger partial charge < -0.3 is 15.1 Å². The van der Waals surface area contributed by atoms with E-state index in [4.69, 9.17) is 11.6 Å². The predicted molar refractivity (Wildman–Crippen MR) is 173 cm³/mol. The molecule has 1 aliphatic heterocycles. The number of aliphatic imine (C=N–C) groups is 1.